The smallest absolute Gasteiger partial charge is 0.320 e. The number of aryl methyl sites for hydroxylation is 1. The molecule has 3 N–H and O–H groups in total. The lowest BCUT2D eigenvalue weighted by atomic mass is 9.95. The van der Waals surface area contributed by atoms with Gasteiger partial charge >= 0.3 is 5.97 Å². The summed E-state index contributed by atoms with van der Waals surface area (Å²) in [5.74, 6) is 1.14. The van der Waals surface area contributed by atoms with Crippen LogP contribution in [0.4, 0.5) is 5.95 Å². The second-order valence-corrected chi connectivity index (χ2v) is 7.88. The van der Waals surface area contributed by atoms with Gasteiger partial charge in [0, 0.05) is 31.9 Å². The van der Waals surface area contributed by atoms with Crippen molar-refractivity contribution in [3.05, 3.63) is 30.3 Å². The van der Waals surface area contributed by atoms with Crippen molar-refractivity contribution in [1.82, 2.24) is 19.7 Å². The molecule has 0 aliphatic carbocycles. The quantitative estimate of drug-likeness (QED) is 0.773. The Kier molecular flexibility index (Phi) is 8.21. The fraction of sp³-hybridized carbons (Fsp3) is 0.591. The zero-order valence-electron chi connectivity index (χ0n) is 17.7. The second-order valence-electron chi connectivity index (χ2n) is 7.88. The first kappa shape index (κ1) is 22.2. The van der Waals surface area contributed by atoms with Gasteiger partial charge in [0.25, 0.3) is 0 Å². The van der Waals surface area contributed by atoms with E-state index in [4.69, 9.17) is 10.5 Å². The number of carbonyl (C=O) groups is 1. The topological polar surface area (TPSA) is 107 Å². The zero-order chi connectivity index (χ0) is 21.3. The van der Waals surface area contributed by atoms with Crippen molar-refractivity contribution in [3.63, 3.8) is 0 Å². The molecule has 0 amide bonds. The van der Waals surface area contributed by atoms with Gasteiger partial charge in [-0.15, -0.1) is 5.10 Å². The second kappa shape index (κ2) is 11.1. The number of rotatable bonds is 5. The van der Waals surface area contributed by atoms with Gasteiger partial charge in [-0.05, 0) is 45.1 Å². The molecule has 8 nitrogen and oxygen atoms in total. The van der Waals surface area contributed by atoms with Crippen LogP contribution in [0.2, 0.25) is 0 Å². The highest BCUT2D eigenvalue weighted by atomic mass is 16.5. The molecule has 8 heteroatoms. The molecule has 2 fully saturated rings. The van der Waals surface area contributed by atoms with E-state index in [-0.39, 0.29) is 6.04 Å². The third-order valence-corrected chi connectivity index (χ3v) is 5.75. The third kappa shape index (κ3) is 6.03. The van der Waals surface area contributed by atoms with E-state index in [0.29, 0.717) is 11.9 Å². The molecule has 3 heterocycles. The summed E-state index contributed by atoms with van der Waals surface area (Å²) in [6.07, 6.45) is 5.19. The number of nitrogens with zero attached hydrogens (tertiary/aromatic N) is 4. The largest absolute Gasteiger partial charge is 0.480 e. The maximum atomic E-state index is 11.1. The van der Waals surface area contributed by atoms with Crippen LogP contribution in [0.5, 0.6) is 0 Å². The summed E-state index contributed by atoms with van der Waals surface area (Å²) < 4.78 is 7.12. The van der Waals surface area contributed by atoms with E-state index in [1.807, 2.05) is 37.3 Å². The highest BCUT2D eigenvalue weighted by molar-refractivity contribution is 5.73. The number of aliphatic carboxylic acids is 1. The molecule has 0 saturated carbocycles. The van der Waals surface area contributed by atoms with Gasteiger partial charge < -0.3 is 15.6 Å². The third-order valence-electron chi connectivity index (χ3n) is 5.75. The van der Waals surface area contributed by atoms with Crippen LogP contribution in [0.1, 0.15) is 39.0 Å². The molecule has 1 atom stereocenters. The van der Waals surface area contributed by atoms with Crippen LogP contribution in [0, 0.1) is 5.92 Å². The summed E-state index contributed by atoms with van der Waals surface area (Å²) >= 11 is 0. The van der Waals surface area contributed by atoms with Gasteiger partial charge in [-0.3, -0.25) is 9.69 Å². The molecule has 2 aliphatic heterocycles. The molecule has 1 aromatic carbocycles. The van der Waals surface area contributed by atoms with Crippen molar-refractivity contribution in [3.8, 4) is 11.4 Å². The normalized spacial score (nSPS) is 20.4. The number of piperidine rings is 1. The van der Waals surface area contributed by atoms with Gasteiger partial charge in [-0.1, -0.05) is 36.8 Å². The fourth-order valence-electron chi connectivity index (χ4n) is 4.13. The molecule has 2 aliphatic rings. The van der Waals surface area contributed by atoms with Crippen LogP contribution in [0.15, 0.2) is 30.3 Å². The number of carboxylic acids is 1. The van der Waals surface area contributed by atoms with Crippen molar-refractivity contribution in [2.45, 2.75) is 51.6 Å². The van der Waals surface area contributed by atoms with Gasteiger partial charge in [0.05, 0.1) is 0 Å². The molecule has 30 heavy (non-hydrogen) atoms. The Morgan fingerprint density at radius 3 is 2.60 bits per heavy atom. The van der Waals surface area contributed by atoms with Crippen molar-refractivity contribution >= 4 is 11.9 Å². The van der Waals surface area contributed by atoms with E-state index in [9.17, 15) is 9.90 Å². The van der Waals surface area contributed by atoms with E-state index in [0.717, 1.165) is 76.3 Å². The number of benzene rings is 1. The van der Waals surface area contributed by atoms with E-state index >= 15 is 0 Å². The molecule has 4 rings (SSSR count). The van der Waals surface area contributed by atoms with Crippen LogP contribution < -0.4 is 5.73 Å². The van der Waals surface area contributed by atoms with Crippen molar-refractivity contribution in [2.75, 3.05) is 32.0 Å². The molecule has 0 unspecified atom stereocenters. The maximum Gasteiger partial charge on any atom is 0.320 e. The lowest BCUT2D eigenvalue weighted by Gasteiger charge is -2.36. The van der Waals surface area contributed by atoms with Gasteiger partial charge in [0.1, 0.15) is 6.04 Å². The average Bonchev–Trinajstić information content (AvgIpc) is 3.16. The highest BCUT2D eigenvalue weighted by Gasteiger charge is 2.30. The Morgan fingerprint density at radius 1 is 1.20 bits per heavy atom. The fourth-order valence-corrected chi connectivity index (χ4v) is 4.13. The lowest BCUT2D eigenvalue weighted by Crippen LogP contribution is -2.47. The first-order chi connectivity index (χ1) is 14.6. The van der Waals surface area contributed by atoms with Crippen LogP contribution in [0.3, 0.4) is 0 Å². The molecule has 0 radical (unpaired) electrons. The first-order valence-electron chi connectivity index (χ1n) is 10.9. The van der Waals surface area contributed by atoms with Crippen LogP contribution in [-0.4, -0.2) is 63.1 Å². The Balaban J connectivity index is 0.000000172. The number of aromatic nitrogens is 3. The van der Waals surface area contributed by atoms with Crippen molar-refractivity contribution < 1.29 is 14.6 Å². The van der Waals surface area contributed by atoms with Crippen LogP contribution >= 0.6 is 0 Å². The minimum atomic E-state index is -0.647. The number of likely N-dealkylation sites (tertiary alicyclic amines) is 1. The van der Waals surface area contributed by atoms with Gasteiger partial charge in [0.15, 0.2) is 5.82 Å². The Hall–Kier alpha value is -2.45. The maximum absolute atomic E-state index is 11.1. The predicted molar refractivity (Wildman–Crippen MR) is 116 cm³/mol. The monoisotopic (exact) mass is 415 g/mol. The summed E-state index contributed by atoms with van der Waals surface area (Å²) in [5.41, 5.74) is 6.59. The number of anilines is 1. The van der Waals surface area contributed by atoms with E-state index < -0.39 is 5.97 Å². The standard InChI is InChI=1S/C12H21NO3.C10H12N4/c14-12(15)11-3-1-2-6-13(11)9-10-4-7-16-8-5-10;1-2-14-9(12-10(11)13-14)8-6-4-3-5-7-8/h10-11H,1-9H2,(H,14,15);3-7H,2H2,1H3,(H2,11,13)/t11-;/m0./s1. The summed E-state index contributed by atoms with van der Waals surface area (Å²) in [5, 5.41) is 13.3. The van der Waals surface area contributed by atoms with Gasteiger partial charge in [0.2, 0.25) is 5.95 Å². The van der Waals surface area contributed by atoms with E-state index in [2.05, 4.69) is 15.0 Å². The minimum Gasteiger partial charge on any atom is -0.480 e. The number of nitrogen functional groups attached to an aromatic ring is 1. The molecule has 2 aromatic rings. The Labute approximate surface area is 178 Å². The van der Waals surface area contributed by atoms with Crippen LogP contribution in [-0.2, 0) is 16.1 Å². The molecule has 0 bridgehead atoms. The first-order valence-corrected chi connectivity index (χ1v) is 10.9. The number of hydrogen-bond donors (Lipinski definition) is 2. The number of carboxylic acid groups (broad SMARTS) is 1. The van der Waals surface area contributed by atoms with E-state index in [1.54, 1.807) is 4.68 Å². The Morgan fingerprint density at radius 2 is 1.93 bits per heavy atom. The predicted octanol–water partition coefficient (Wildman–Crippen LogP) is 2.90. The van der Waals surface area contributed by atoms with Crippen LogP contribution in [0.25, 0.3) is 11.4 Å². The van der Waals surface area contributed by atoms with E-state index in [1.165, 1.54) is 0 Å². The molecule has 1 aromatic heterocycles. The molecular weight excluding hydrogens is 382 g/mol. The SMILES string of the molecule is CCn1nc(N)nc1-c1ccccc1.O=C(O)[C@@H]1CCCCN1CC1CCOCC1. The van der Waals surface area contributed by atoms with Crippen molar-refractivity contribution in [1.29, 1.82) is 0 Å². The molecular formula is C22H33N5O3. The summed E-state index contributed by atoms with van der Waals surface area (Å²) in [4.78, 5) is 17.5. The molecule has 2 saturated heterocycles. The summed E-state index contributed by atoms with van der Waals surface area (Å²) in [7, 11) is 0. The zero-order valence-corrected chi connectivity index (χ0v) is 17.7. The number of nitrogens with two attached hydrogens (primary N) is 1. The van der Waals surface area contributed by atoms with Gasteiger partial charge in [-0.25, -0.2) is 4.68 Å². The number of hydrogen-bond acceptors (Lipinski definition) is 6. The Bertz CT molecular complexity index is 789. The summed E-state index contributed by atoms with van der Waals surface area (Å²) in [6, 6.07) is 9.67. The minimum absolute atomic E-state index is 0.239. The molecule has 0 spiro atoms. The lowest BCUT2D eigenvalue weighted by molar-refractivity contribution is -0.145. The molecule has 164 valence electrons. The highest BCUT2D eigenvalue weighted by Crippen LogP contribution is 2.22. The van der Waals surface area contributed by atoms with Gasteiger partial charge in [-0.2, -0.15) is 4.98 Å². The van der Waals surface area contributed by atoms with Crippen molar-refractivity contribution in [2.24, 2.45) is 5.92 Å². The average molecular weight is 416 g/mol. The number of ether oxygens (including phenoxy) is 1. The summed E-state index contributed by atoms with van der Waals surface area (Å²) in [6.45, 7) is 6.37.